The lowest BCUT2D eigenvalue weighted by atomic mass is 10.2. The third kappa shape index (κ3) is 3.20. The fraction of sp³-hybridized carbons (Fsp3) is 0.231. The number of hydrogen-bond acceptors (Lipinski definition) is 3. The predicted octanol–water partition coefficient (Wildman–Crippen LogP) is 3.16. The summed E-state index contributed by atoms with van der Waals surface area (Å²) in [7, 11) is 1.66. The SMILES string of the molecule is Cc1cc(CN(C)C(=O)c2ccc(F)c(Br)c2)no1. The van der Waals surface area contributed by atoms with Crippen LogP contribution in [0.25, 0.3) is 0 Å². The summed E-state index contributed by atoms with van der Waals surface area (Å²) in [4.78, 5) is 13.6. The Balaban J connectivity index is 2.12. The first-order chi connectivity index (χ1) is 8.97. The summed E-state index contributed by atoms with van der Waals surface area (Å²) in [5, 5.41) is 3.83. The highest BCUT2D eigenvalue weighted by Gasteiger charge is 2.15. The molecule has 100 valence electrons. The number of nitrogens with zero attached hydrogens (tertiary/aromatic N) is 2. The standard InChI is InChI=1S/C13H12BrFN2O2/c1-8-5-10(16-19-8)7-17(2)13(18)9-3-4-12(15)11(14)6-9/h3-6H,7H2,1-2H3. The van der Waals surface area contributed by atoms with Crippen molar-refractivity contribution >= 4 is 21.8 Å². The van der Waals surface area contributed by atoms with Crippen molar-refractivity contribution in [3.8, 4) is 0 Å². The van der Waals surface area contributed by atoms with Gasteiger partial charge in [-0.25, -0.2) is 4.39 Å². The van der Waals surface area contributed by atoms with Gasteiger partial charge in [0.05, 0.1) is 11.0 Å². The lowest BCUT2D eigenvalue weighted by Gasteiger charge is -2.15. The highest BCUT2D eigenvalue weighted by Crippen LogP contribution is 2.18. The molecule has 0 N–H and O–H groups in total. The lowest BCUT2D eigenvalue weighted by molar-refractivity contribution is 0.0782. The van der Waals surface area contributed by atoms with Gasteiger partial charge < -0.3 is 9.42 Å². The monoisotopic (exact) mass is 326 g/mol. The van der Waals surface area contributed by atoms with Gasteiger partial charge in [-0.2, -0.15) is 0 Å². The van der Waals surface area contributed by atoms with Crippen molar-refractivity contribution in [3.63, 3.8) is 0 Å². The van der Waals surface area contributed by atoms with Crippen molar-refractivity contribution in [2.75, 3.05) is 7.05 Å². The Morgan fingerprint density at radius 2 is 2.21 bits per heavy atom. The number of aryl methyl sites for hydroxylation is 1. The number of amides is 1. The predicted molar refractivity (Wildman–Crippen MR) is 71.1 cm³/mol. The number of halogens is 2. The minimum Gasteiger partial charge on any atom is -0.361 e. The second kappa shape index (κ2) is 5.52. The quantitative estimate of drug-likeness (QED) is 0.870. The zero-order valence-electron chi connectivity index (χ0n) is 10.5. The van der Waals surface area contributed by atoms with E-state index >= 15 is 0 Å². The molecule has 0 atom stereocenters. The lowest BCUT2D eigenvalue weighted by Crippen LogP contribution is -2.26. The Morgan fingerprint density at radius 1 is 1.47 bits per heavy atom. The van der Waals surface area contributed by atoms with E-state index in [0.717, 1.165) is 0 Å². The molecular formula is C13H12BrFN2O2. The largest absolute Gasteiger partial charge is 0.361 e. The minimum atomic E-state index is -0.397. The Kier molecular flexibility index (Phi) is 3.99. The zero-order chi connectivity index (χ0) is 14.0. The van der Waals surface area contributed by atoms with Crippen LogP contribution in [-0.4, -0.2) is 23.0 Å². The van der Waals surface area contributed by atoms with E-state index in [1.165, 1.54) is 23.1 Å². The van der Waals surface area contributed by atoms with Crippen LogP contribution in [0.1, 0.15) is 21.8 Å². The highest BCUT2D eigenvalue weighted by atomic mass is 79.9. The van der Waals surface area contributed by atoms with E-state index in [1.54, 1.807) is 20.0 Å². The van der Waals surface area contributed by atoms with Crippen LogP contribution in [0.3, 0.4) is 0 Å². The molecule has 0 saturated heterocycles. The number of hydrogen-bond donors (Lipinski definition) is 0. The van der Waals surface area contributed by atoms with Crippen molar-refractivity contribution in [1.82, 2.24) is 10.1 Å². The van der Waals surface area contributed by atoms with Gasteiger partial charge in [-0.3, -0.25) is 4.79 Å². The maximum atomic E-state index is 13.1. The summed E-state index contributed by atoms with van der Waals surface area (Å²) in [6.45, 7) is 2.13. The van der Waals surface area contributed by atoms with Crippen molar-refractivity contribution in [1.29, 1.82) is 0 Å². The second-order valence-corrected chi connectivity index (χ2v) is 5.07. The highest BCUT2D eigenvalue weighted by molar-refractivity contribution is 9.10. The molecule has 2 aromatic rings. The van der Waals surface area contributed by atoms with Crippen LogP contribution in [-0.2, 0) is 6.54 Å². The third-order valence-electron chi connectivity index (χ3n) is 2.59. The number of aromatic nitrogens is 1. The van der Waals surface area contributed by atoms with E-state index in [-0.39, 0.29) is 10.4 Å². The normalized spacial score (nSPS) is 10.5. The molecular weight excluding hydrogens is 315 g/mol. The molecule has 2 rings (SSSR count). The molecule has 6 heteroatoms. The van der Waals surface area contributed by atoms with E-state index in [0.29, 0.717) is 23.6 Å². The molecule has 19 heavy (non-hydrogen) atoms. The fourth-order valence-corrected chi connectivity index (χ4v) is 2.04. The molecule has 1 amide bonds. The molecule has 0 radical (unpaired) electrons. The summed E-state index contributed by atoms with van der Waals surface area (Å²) in [5.41, 5.74) is 1.09. The molecule has 0 fully saturated rings. The molecule has 0 saturated carbocycles. The first-order valence-corrected chi connectivity index (χ1v) is 6.39. The number of carbonyl (C=O) groups excluding carboxylic acids is 1. The minimum absolute atomic E-state index is 0.207. The van der Waals surface area contributed by atoms with Gasteiger partial charge in [0.2, 0.25) is 0 Å². The van der Waals surface area contributed by atoms with Gasteiger partial charge in [0, 0.05) is 18.7 Å². The van der Waals surface area contributed by atoms with E-state index in [4.69, 9.17) is 4.52 Å². The summed E-state index contributed by atoms with van der Waals surface area (Å²) in [6.07, 6.45) is 0. The molecule has 1 aromatic carbocycles. The summed E-state index contributed by atoms with van der Waals surface area (Å²) >= 11 is 3.06. The summed E-state index contributed by atoms with van der Waals surface area (Å²) in [6, 6.07) is 5.94. The first kappa shape index (κ1) is 13.7. The average molecular weight is 327 g/mol. The first-order valence-electron chi connectivity index (χ1n) is 5.60. The maximum absolute atomic E-state index is 13.1. The Hall–Kier alpha value is -1.69. The molecule has 4 nitrogen and oxygen atoms in total. The molecule has 0 bridgehead atoms. The third-order valence-corrected chi connectivity index (χ3v) is 3.20. The topological polar surface area (TPSA) is 46.3 Å². The molecule has 1 aromatic heterocycles. The van der Waals surface area contributed by atoms with Gasteiger partial charge in [0.15, 0.2) is 0 Å². The van der Waals surface area contributed by atoms with Gasteiger partial charge in [-0.05, 0) is 41.1 Å². The van der Waals surface area contributed by atoms with Gasteiger partial charge in [0.1, 0.15) is 17.3 Å². The average Bonchev–Trinajstić information content (AvgIpc) is 2.77. The van der Waals surface area contributed by atoms with E-state index in [9.17, 15) is 9.18 Å². The fourth-order valence-electron chi connectivity index (χ4n) is 1.66. The molecule has 0 aliphatic rings. The van der Waals surface area contributed by atoms with Crippen molar-refractivity contribution < 1.29 is 13.7 Å². The van der Waals surface area contributed by atoms with Gasteiger partial charge in [-0.15, -0.1) is 0 Å². The number of benzene rings is 1. The zero-order valence-corrected chi connectivity index (χ0v) is 12.1. The van der Waals surface area contributed by atoms with Crippen LogP contribution in [0.15, 0.2) is 33.3 Å². The van der Waals surface area contributed by atoms with Gasteiger partial charge in [-0.1, -0.05) is 5.16 Å². The molecule has 0 aliphatic carbocycles. The van der Waals surface area contributed by atoms with Crippen LogP contribution in [0.4, 0.5) is 4.39 Å². The summed E-state index contributed by atoms with van der Waals surface area (Å²) < 4.78 is 18.3. The number of carbonyl (C=O) groups is 1. The number of rotatable bonds is 3. The van der Waals surface area contributed by atoms with Crippen molar-refractivity contribution in [2.45, 2.75) is 13.5 Å². The molecule has 1 heterocycles. The molecule has 0 aliphatic heterocycles. The van der Waals surface area contributed by atoms with Crippen molar-refractivity contribution in [3.05, 3.63) is 51.6 Å². The van der Waals surface area contributed by atoms with E-state index < -0.39 is 5.82 Å². The Labute approximate surface area is 118 Å². The maximum Gasteiger partial charge on any atom is 0.253 e. The van der Waals surface area contributed by atoms with Gasteiger partial charge in [0.25, 0.3) is 5.91 Å². The van der Waals surface area contributed by atoms with Gasteiger partial charge >= 0.3 is 0 Å². The molecule has 0 spiro atoms. The van der Waals surface area contributed by atoms with Crippen LogP contribution in [0, 0.1) is 12.7 Å². The van der Waals surface area contributed by atoms with E-state index in [1.807, 2.05) is 0 Å². The Morgan fingerprint density at radius 3 is 2.79 bits per heavy atom. The van der Waals surface area contributed by atoms with Crippen LogP contribution >= 0.6 is 15.9 Å². The molecule has 0 unspecified atom stereocenters. The second-order valence-electron chi connectivity index (χ2n) is 4.22. The van der Waals surface area contributed by atoms with Crippen LogP contribution in [0.5, 0.6) is 0 Å². The summed E-state index contributed by atoms with van der Waals surface area (Å²) in [5.74, 6) is 0.0908. The smallest absolute Gasteiger partial charge is 0.253 e. The van der Waals surface area contributed by atoms with Crippen LogP contribution in [0.2, 0.25) is 0 Å². The van der Waals surface area contributed by atoms with Crippen molar-refractivity contribution in [2.24, 2.45) is 0 Å². The van der Waals surface area contributed by atoms with E-state index in [2.05, 4.69) is 21.1 Å². The Bertz CT molecular complexity index is 612. The van der Waals surface area contributed by atoms with Crippen LogP contribution < -0.4 is 0 Å².